The largest absolute Gasteiger partial charge is 0.481 e. The topological polar surface area (TPSA) is 235 Å². The molecular weight excluding hydrogens is 784 g/mol. The van der Waals surface area contributed by atoms with Crippen molar-refractivity contribution in [2.75, 3.05) is 65.9 Å². The first kappa shape index (κ1) is 48.3. The number of carbonyl (C=O) groups is 6. The molecule has 3 rings (SSSR count). The van der Waals surface area contributed by atoms with Gasteiger partial charge in [0, 0.05) is 19.5 Å². The number of hydrogen-bond donors (Lipinski definition) is 5. The van der Waals surface area contributed by atoms with Crippen LogP contribution in [0.15, 0.2) is 91.0 Å². The lowest BCUT2D eigenvalue weighted by Gasteiger charge is -2.27. The summed E-state index contributed by atoms with van der Waals surface area (Å²) in [6.45, 7) is 1.67. The van der Waals surface area contributed by atoms with Crippen molar-refractivity contribution in [2.45, 2.75) is 51.2 Å². The highest BCUT2D eigenvalue weighted by molar-refractivity contribution is 5.96. The van der Waals surface area contributed by atoms with Crippen LogP contribution in [-0.2, 0) is 72.2 Å². The Bertz CT molecular complexity index is 1700. The summed E-state index contributed by atoms with van der Waals surface area (Å²) >= 11 is 0. The summed E-state index contributed by atoms with van der Waals surface area (Å²) < 4.78 is 37.6. The average molecular weight is 839 g/mol. The van der Waals surface area contributed by atoms with Gasteiger partial charge in [0.2, 0.25) is 11.8 Å². The second-order valence-corrected chi connectivity index (χ2v) is 12.8. The van der Waals surface area contributed by atoms with Gasteiger partial charge >= 0.3 is 24.1 Å². The van der Waals surface area contributed by atoms with Crippen LogP contribution < -0.4 is 21.3 Å². The summed E-state index contributed by atoms with van der Waals surface area (Å²) in [7, 11) is 0. The second kappa shape index (κ2) is 30.0. The lowest BCUT2D eigenvalue weighted by molar-refractivity contribution is -0.146. The molecular formula is C42H54N4O14. The third kappa shape index (κ3) is 22.2. The standard InChI is InChI=1S/C42H54N4O14/c47-35(48)17-10-19-43-39(50)37(45-41(52)59-30-33-13-6-2-7-14-33)38(46-42(53)60-31-34-15-8-3-9-16-34)40(51)44-20-22-55-24-26-57-28-27-56-25-23-54-21-18-36(49)58-29-32-11-4-1-5-12-32/h1-9,11-16,37-38H,10,17-31H2,(H,43,50)(H,44,51)(H,45,52)(H,46,53)(H,47,48). The van der Waals surface area contributed by atoms with Crippen molar-refractivity contribution in [1.29, 1.82) is 0 Å². The molecule has 0 fully saturated rings. The Hall–Kier alpha value is -6.08. The Morgan fingerprint density at radius 3 is 1.28 bits per heavy atom. The molecule has 0 saturated heterocycles. The molecule has 4 amide bonds. The molecule has 0 bridgehead atoms. The van der Waals surface area contributed by atoms with E-state index in [2.05, 4.69) is 21.3 Å². The van der Waals surface area contributed by atoms with Crippen molar-refractivity contribution in [3.8, 4) is 0 Å². The molecule has 18 nitrogen and oxygen atoms in total. The molecule has 0 aliphatic rings. The van der Waals surface area contributed by atoms with E-state index in [-0.39, 0.29) is 84.6 Å². The quantitative estimate of drug-likeness (QED) is 0.0369. The number of alkyl carbamates (subject to hydrolysis) is 2. The molecule has 2 unspecified atom stereocenters. The zero-order chi connectivity index (χ0) is 43.0. The van der Waals surface area contributed by atoms with Crippen LogP contribution in [0.4, 0.5) is 9.59 Å². The van der Waals surface area contributed by atoms with Crippen LogP contribution in [0.3, 0.4) is 0 Å². The Kier molecular flexibility index (Phi) is 24.2. The van der Waals surface area contributed by atoms with E-state index in [1.165, 1.54) is 0 Å². The van der Waals surface area contributed by atoms with Gasteiger partial charge in [-0.1, -0.05) is 91.0 Å². The number of carboxylic acid groups (broad SMARTS) is 1. The fourth-order valence-corrected chi connectivity index (χ4v) is 5.03. The highest BCUT2D eigenvalue weighted by atomic mass is 16.6. The number of ether oxygens (including phenoxy) is 7. The smallest absolute Gasteiger partial charge is 0.408 e. The average Bonchev–Trinajstić information content (AvgIpc) is 3.26. The van der Waals surface area contributed by atoms with Gasteiger partial charge in [0.15, 0.2) is 0 Å². The number of rotatable bonds is 30. The SMILES string of the molecule is O=C(O)CCCNC(=O)C(NC(=O)OCc1ccccc1)C(NC(=O)OCc1ccccc1)C(=O)NCCOCCOCCOCCOCCC(=O)OCc1ccccc1. The van der Waals surface area contributed by atoms with Crippen LogP contribution in [0.5, 0.6) is 0 Å². The molecule has 0 spiro atoms. The van der Waals surface area contributed by atoms with Crippen LogP contribution in [0.1, 0.15) is 36.0 Å². The number of amides is 4. The van der Waals surface area contributed by atoms with E-state index in [1.807, 2.05) is 30.3 Å². The summed E-state index contributed by atoms with van der Waals surface area (Å²) in [5, 5.41) is 18.8. The maximum Gasteiger partial charge on any atom is 0.408 e. The summed E-state index contributed by atoms with van der Waals surface area (Å²) in [6.07, 6.45) is -2.14. The van der Waals surface area contributed by atoms with Crippen molar-refractivity contribution in [3.05, 3.63) is 108 Å². The first-order valence-electron chi connectivity index (χ1n) is 19.4. The second-order valence-electron chi connectivity index (χ2n) is 12.8. The van der Waals surface area contributed by atoms with Crippen molar-refractivity contribution in [1.82, 2.24) is 21.3 Å². The number of aliphatic carboxylic acids is 1. The molecule has 18 heteroatoms. The van der Waals surface area contributed by atoms with Crippen LogP contribution in [-0.4, -0.2) is 119 Å². The van der Waals surface area contributed by atoms with Crippen molar-refractivity contribution in [2.24, 2.45) is 0 Å². The first-order valence-corrected chi connectivity index (χ1v) is 19.4. The number of esters is 1. The van der Waals surface area contributed by atoms with Crippen LogP contribution in [0.25, 0.3) is 0 Å². The summed E-state index contributed by atoms with van der Waals surface area (Å²) in [4.78, 5) is 75.7. The van der Waals surface area contributed by atoms with Gasteiger partial charge in [-0.05, 0) is 23.1 Å². The lowest BCUT2D eigenvalue weighted by atomic mass is 10.1. The third-order valence-corrected chi connectivity index (χ3v) is 8.09. The van der Waals surface area contributed by atoms with Gasteiger partial charge in [0.05, 0.1) is 59.3 Å². The minimum Gasteiger partial charge on any atom is -0.481 e. The van der Waals surface area contributed by atoms with Crippen LogP contribution in [0.2, 0.25) is 0 Å². The minimum atomic E-state index is -1.71. The lowest BCUT2D eigenvalue weighted by Crippen LogP contribution is -2.64. The number of nitrogens with one attached hydrogen (secondary N) is 4. The Balaban J connectivity index is 1.40. The van der Waals surface area contributed by atoms with Crippen molar-refractivity contribution >= 4 is 35.9 Å². The van der Waals surface area contributed by atoms with E-state index in [0.29, 0.717) is 37.6 Å². The fraction of sp³-hybridized carbons (Fsp3) is 0.429. The predicted molar refractivity (Wildman–Crippen MR) is 214 cm³/mol. The zero-order valence-corrected chi connectivity index (χ0v) is 33.4. The first-order chi connectivity index (χ1) is 29.2. The molecule has 3 aromatic carbocycles. The Morgan fingerprint density at radius 1 is 0.467 bits per heavy atom. The number of benzene rings is 3. The van der Waals surface area contributed by atoms with Crippen LogP contribution >= 0.6 is 0 Å². The molecule has 5 N–H and O–H groups in total. The van der Waals surface area contributed by atoms with E-state index in [0.717, 1.165) is 5.56 Å². The number of carbonyl (C=O) groups excluding carboxylic acids is 5. The highest BCUT2D eigenvalue weighted by Crippen LogP contribution is 2.06. The molecule has 0 heterocycles. The fourth-order valence-electron chi connectivity index (χ4n) is 5.03. The van der Waals surface area contributed by atoms with Gasteiger partial charge in [0.1, 0.15) is 31.9 Å². The van der Waals surface area contributed by atoms with Gasteiger partial charge in [-0.15, -0.1) is 0 Å². The molecule has 0 saturated carbocycles. The maximum atomic E-state index is 13.5. The molecule has 326 valence electrons. The van der Waals surface area contributed by atoms with Gasteiger partial charge in [-0.2, -0.15) is 0 Å². The molecule has 0 radical (unpaired) electrons. The van der Waals surface area contributed by atoms with Gasteiger partial charge < -0.3 is 59.5 Å². The molecule has 2 atom stereocenters. The van der Waals surface area contributed by atoms with E-state index in [1.54, 1.807) is 60.7 Å². The van der Waals surface area contributed by atoms with E-state index in [9.17, 15) is 28.8 Å². The van der Waals surface area contributed by atoms with Crippen molar-refractivity contribution < 1.29 is 67.0 Å². The molecule has 0 aliphatic carbocycles. The highest BCUT2D eigenvalue weighted by Gasteiger charge is 2.37. The normalized spacial score (nSPS) is 11.7. The van der Waals surface area contributed by atoms with Gasteiger partial charge in [0.25, 0.3) is 0 Å². The molecule has 3 aromatic rings. The predicted octanol–water partition coefficient (Wildman–Crippen LogP) is 2.87. The maximum absolute atomic E-state index is 13.5. The molecule has 60 heavy (non-hydrogen) atoms. The monoisotopic (exact) mass is 838 g/mol. The molecule has 0 aliphatic heterocycles. The minimum absolute atomic E-state index is 0.0342. The van der Waals surface area contributed by atoms with Crippen molar-refractivity contribution in [3.63, 3.8) is 0 Å². The summed E-state index contributed by atoms with van der Waals surface area (Å²) in [6, 6.07) is 23.5. The van der Waals surface area contributed by atoms with E-state index in [4.69, 9.17) is 38.3 Å². The van der Waals surface area contributed by atoms with Gasteiger partial charge in [-0.3, -0.25) is 19.2 Å². The van der Waals surface area contributed by atoms with Gasteiger partial charge in [-0.25, -0.2) is 9.59 Å². The van der Waals surface area contributed by atoms with Crippen LogP contribution in [0, 0.1) is 0 Å². The third-order valence-electron chi connectivity index (χ3n) is 8.09. The zero-order valence-electron chi connectivity index (χ0n) is 33.4. The summed E-state index contributed by atoms with van der Waals surface area (Å²) in [5.74, 6) is -3.16. The van der Waals surface area contributed by atoms with E-state index < -0.39 is 42.1 Å². The number of hydrogen-bond acceptors (Lipinski definition) is 13. The Morgan fingerprint density at radius 2 is 0.850 bits per heavy atom. The Labute approximate surface area is 348 Å². The van der Waals surface area contributed by atoms with E-state index >= 15 is 0 Å². The molecule has 0 aromatic heterocycles. The summed E-state index contributed by atoms with van der Waals surface area (Å²) in [5.41, 5.74) is 2.23. The number of carboxylic acids is 1.